The van der Waals surface area contributed by atoms with Crippen molar-refractivity contribution in [1.82, 2.24) is 0 Å². The molecule has 1 unspecified atom stereocenters. The molecule has 1 heterocycles. The van der Waals surface area contributed by atoms with E-state index in [9.17, 15) is 0 Å². The minimum absolute atomic E-state index is 0.400. The summed E-state index contributed by atoms with van der Waals surface area (Å²) in [5, 5.41) is 0.797. The van der Waals surface area contributed by atoms with E-state index in [2.05, 4.69) is 37.3 Å². The molecule has 0 aromatic heterocycles. The van der Waals surface area contributed by atoms with Gasteiger partial charge in [0.2, 0.25) is 0 Å². The summed E-state index contributed by atoms with van der Waals surface area (Å²) in [6.45, 7) is 2.28. The second-order valence-electron chi connectivity index (χ2n) is 8.20. The largest absolute Gasteiger partial charge is 0.457 e. The van der Waals surface area contributed by atoms with E-state index >= 15 is 0 Å². The number of para-hydroxylation sites is 1. The van der Waals surface area contributed by atoms with Crippen LogP contribution >= 0.6 is 11.6 Å². The molecule has 2 aromatic carbocycles. The van der Waals surface area contributed by atoms with Crippen molar-refractivity contribution in [2.75, 3.05) is 0 Å². The molecule has 0 fully saturated rings. The molecule has 1 nitrogen and oxygen atoms in total. The van der Waals surface area contributed by atoms with Gasteiger partial charge in [-0.15, -0.1) is 0 Å². The van der Waals surface area contributed by atoms with E-state index in [0.717, 1.165) is 16.5 Å². The molecule has 0 saturated carbocycles. The van der Waals surface area contributed by atoms with Gasteiger partial charge in [-0.25, -0.2) is 0 Å². The normalized spacial score (nSPS) is 15.0. The monoisotopic (exact) mass is 398 g/mol. The summed E-state index contributed by atoms with van der Waals surface area (Å²) < 4.78 is 6.11. The zero-order valence-electron chi connectivity index (χ0n) is 17.4. The molecule has 0 radical (unpaired) electrons. The van der Waals surface area contributed by atoms with Crippen LogP contribution < -0.4 is 4.74 Å². The predicted molar refractivity (Wildman–Crippen MR) is 121 cm³/mol. The second-order valence-corrected chi connectivity index (χ2v) is 8.64. The summed E-state index contributed by atoms with van der Waals surface area (Å²) in [5.41, 5.74) is 2.56. The first-order valence-electron chi connectivity index (χ1n) is 11.4. The fraction of sp³-hybridized carbons (Fsp3) is 0.538. The van der Waals surface area contributed by atoms with Crippen LogP contribution in [0.2, 0.25) is 5.02 Å². The summed E-state index contributed by atoms with van der Waals surface area (Å²) in [6, 6.07) is 14.5. The molecule has 152 valence electrons. The van der Waals surface area contributed by atoms with Gasteiger partial charge in [-0.3, -0.25) is 0 Å². The van der Waals surface area contributed by atoms with Crippen molar-refractivity contribution in [2.45, 2.75) is 89.9 Å². The smallest absolute Gasteiger partial charge is 0.131 e. The maximum atomic E-state index is 6.29. The molecule has 1 aliphatic rings. The Kier molecular flexibility index (Phi) is 8.73. The maximum absolute atomic E-state index is 6.29. The van der Waals surface area contributed by atoms with Gasteiger partial charge >= 0.3 is 0 Å². The van der Waals surface area contributed by atoms with Crippen LogP contribution in [0.15, 0.2) is 42.5 Å². The minimum atomic E-state index is 0.400. The van der Waals surface area contributed by atoms with Crippen molar-refractivity contribution < 1.29 is 4.74 Å². The fourth-order valence-corrected chi connectivity index (χ4v) is 4.54. The van der Waals surface area contributed by atoms with Crippen LogP contribution in [0, 0.1) is 0 Å². The topological polar surface area (TPSA) is 9.23 Å². The lowest BCUT2D eigenvalue weighted by molar-refractivity contribution is 0.435. The van der Waals surface area contributed by atoms with Gasteiger partial charge in [-0.05, 0) is 30.7 Å². The van der Waals surface area contributed by atoms with Crippen LogP contribution in [0.25, 0.3) is 0 Å². The first-order valence-corrected chi connectivity index (χ1v) is 11.7. The molecule has 2 heteroatoms. The van der Waals surface area contributed by atoms with Crippen molar-refractivity contribution in [3.05, 3.63) is 58.6 Å². The van der Waals surface area contributed by atoms with Crippen molar-refractivity contribution >= 4 is 11.6 Å². The molecular formula is C26H35ClO. The molecule has 0 aliphatic carbocycles. The van der Waals surface area contributed by atoms with Crippen molar-refractivity contribution in [3.63, 3.8) is 0 Å². The standard InChI is InChI=1S/C26H35ClO/c1-2-3-4-5-6-7-8-9-10-11-12-15-22-23-16-13-14-17-25(23)28-26-19-18-21(27)20-24(22)26/h13-14,16-20,22H,2-12,15H2,1H3. The summed E-state index contributed by atoms with van der Waals surface area (Å²) >= 11 is 6.29. The first kappa shape index (κ1) is 21.2. The van der Waals surface area contributed by atoms with E-state index in [0.29, 0.717) is 5.92 Å². The van der Waals surface area contributed by atoms with Gasteiger partial charge in [-0.1, -0.05) is 107 Å². The average Bonchev–Trinajstić information content (AvgIpc) is 2.71. The lowest BCUT2D eigenvalue weighted by Gasteiger charge is -2.28. The van der Waals surface area contributed by atoms with Crippen molar-refractivity contribution in [3.8, 4) is 11.5 Å². The van der Waals surface area contributed by atoms with Crippen LogP contribution in [0.4, 0.5) is 0 Å². The summed E-state index contributed by atoms with van der Waals surface area (Å²) in [7, 11) is 0. The van der Waals surface area contributed by atoms with Gasteiger partial charge in [0.05, 0.1) is 0 Å². The third kappa shape index (κ3) is 6.01. The lowest BCUT2D eigenvalue weighted by Crippen LogP contribution is -2.10. The Morgan fingerprint density at radius 3 is 2.04 bits per heavy atom. The Hall–Kier alpha value is -1.47. The second kappa shape index (κ2) is 11.5. The molecule has 0 spiro atoms. The SMILES string of the molecule is CCCCCCCCCCCCCC1c2ccccc2Oc2ccc(Cl)cc21. The molecule has 0 bridgehead atoms. The average molecular weight is 399 g/mol. The van der Waals surface area contributed by atoms with Crippen LogP contribution in [-0.2, 0) is 0 Å². The molecule has 0 amide bonds. The van der Waals surface area contributed by atoms with Gasteiger partial charge in [0.25, 0.3) is 0 Å². The summed E-state index contributed by atoms with van der Waals surface area (Å²) in [5.74, 6) is 2.37. The number of rotatable bonds is 12. The summed E-state index contributed by atoms with van der Waals surface area (Å²) in [6.07, 6.45) is 16.4. The Bertz CT molecular complexity index is 724. The quantitative estimate of drug-likeness (QED) is 0.323. The highest BCUT2D eigenvalue weighted by Gasteiger charge is 2.26. The number of halogens is 1. The first-order chi connectivity index (χ1) is 13.8. The molecule has 2 aromatic rings. The van der Waals surface area contributed by atoms with Gasteiger partial charge in [0.15, 0.2) is 0 Å². The van der Waals surface area contributed by atoms with Gasteiger partial charge in [0.1, 0.15) is 11.5 Å². The Balaban J connectivity index is 1.43. The number of benzene rings is 2. The Labute approximate surface area is 176 Å². The maximum Gasteiger partial charge on any atom is 0.131 e. The third-order valence-corrected chi connectivity index (χ3v) is 6.19. The van der Waals surface area contributed by atoms with Crippen LogP contribution in [0.1, 0.15) is 101 Å². The van der Waals surface area contributed by atoms with Crippen LogP contribution in [-0.4, -0.2) is 0 Å². The van der Waals surface area contributed by atoms with Gasteiger partial charge < -0.3 is 4.74 Å². The zero-order valence-corrected chi connectivity index (χ0v) is 18.1. The molecule has 1 atom stereocenters. The zero-order chi connectivity index (χ0) is 19.6. The van der Waals surface area contributed by atoms with Crippen molar-refractivity contribution in [2.24, 2.45) is 0 Å². The van der Waals surface area contributed by atoms with E-state index in [1.807, 2.05) is 12.1 Å². The lowest BCUT2D eigenvalue weighted by atomic mass is 9.84. The van der Waals surface area contributed by atoms with E-state index in [-0.39, 0.29) is 0 Å². The molecule has 3 rings (SSSR count). The van der Waals surface area contributed by atoms with Crippen LogP contribution in [0.3, 0.4) is 0 Å². The third-order valence-electron chi connectivity index (χ3n) is 5.96. The molecular weight excluding hydrogens is 364 g/mol. The molecule has 0 N–H and O–H groups in total. The van der Waals surface area contributed by atoms with E-state index in [1.165, 1.54) is 88.2 Å². The molecule has 0 saturated heterocycles. The van der Waals surface area contributed by atoms with Gasteiger partial charge in [0, 0.05) is 22.1 Å². The highest BCUT2D eigenvalue weighted by atomic mass is 35.5. The number of hydrogen-bond donors (Lipinski definition) is 0. The predicted octanol–water partition coefficient (Wildman–Crippen LogP) is 9.28. The minimum Gasteiger partial charge on any atom is -0.457 e. The highest BCUT2D eigenvalue weighted by molar-refractivity contribution is 6.30. The number of ether oxygens (including phenoxy) is 1. The Morgan fingerprint density at radius 1 is 0.714 bits per heavy atom. The highest BCUT2D eigenvalue weighted by Crippen LogP contribution is 2.46. The van der Waals surface area contributed by atoms with E-state index < -0.39 is 0 Å². The fourth-order valence-electron chi connectivity index (χ4n) is 4.36. The molecule has 28 heavy (non-hydrogen) atoms. The Morgan fingerprint density at radius 2 is 1.32 bits per heavy atom. The summed E-state index contributed by atoms with van der Waals surface area (Å²) in [4.78, 5) is 0. The van der Waals surface area contributed by atoms with Crippen molar-refractivity contribution in [1.29, 1.82) is 0 Å². The van der Waals surface area contributed by atoms with Crippen LogP contribution in [0.5, 0.6) is 11.5 Å². The number of unbranched alkanes of at least 4 members (excludes halogenated alkanes) is 10. The number of fused-ring (bicyclic) bond motifs is 2. The number of hydrogen-bond acceptors (Lipinski definition) is 1. The van der Waals surface area contributed by atoms with Gasteiger partial charge in [-0.2, -0.15) is 0 Å². The molecule has 1 aliphatic heterocycles. The van der Waals surface area contributed by atoms with E-state index in [1.54, 1.807) is 0 Å². The van der Waals surface area contributed by atoms with E-state index in [4.69, 9.17) is 16.3 Å².